The fourth-order valence-corrected chi connectivity index (χ4v) is 2.80. The second kappa shape index (κ2) is 4.34. The molecule has 0 amide bonds. The molecule has 0 heterocycles. The Bertz CT molecular complexity index is 504. The molecule has 1 nitrogen and oxygen atoms in total. The van der Waals surface area contributed by atoms with Crippen molar-refractivity contribution in [2.75, 3.05) is 0 Å². The van der Waals surface area contributed by atoms with Crippen LogP contribution in [0.15, 0.2) is 54.6 Å². The summed E-state index contributed by atoms with van der Waals surface area (Å²) < 4.78 is 0. The first-order valence-corrected chi connectivity index (χ1v) is 6.18. The van der Waals surface area contributed by atoms with Crippen LogP contribution < -0.4 is 0 Å². The highest BCUT2D eigenvalue weighted by molar-refractivity contribution is 5.40. The molecule has 0 bridgehead atoms. The molecule has 1 aliphatic rings. The molecule has 2 atom stereocenters. The van der Waals surface area contributed by atoms with E-state index in [9.17, 15) is 5.11 Å². The number of hydrogen-bond donors (Lipinski definition) is 1. The Morgan fingerprint density at radius 3 is 2.18 bits per heavy atom. The van der Waals surface area contributed by atoms with Crippen LogP contribution in [0.4, 0.5) is 0 Å². The smallest absolute Gasteiger partial charge is 0.0793 e. The minimum absolute atomic E-state index is 0.286. The maximum atomic E-state index is 10.0. The van der Waals surface area contributed by atoms with Gasteiger partial charge < -0.3 is 5.11 Å². The van der Waals surface area contributed by atoms with E-state index >= 15 is 0 Å². The van der Waals surface area contributed by atoms with Crippen LogP contribution in [0.25, 0.3) is 0 Å². The molecule has 1 aliphatic carbocycles. The average molecular weight is 224 g/mol. The van der Waals surface area contributed by atoms with Crippen LogP contribution in [0, 0.1) is 0 Å². The summed E-state index contributed by atoms with van der Waals surface area (Å²) in [6.07, 6.45) is 1.60. The molecular weight excluding hydrogens is 208 g/mol. The number of benzene rings is 2. The van der Waals surface area contributed by atoms with E-state index in [1.54, 1.807) is 0 Å². The highest BCUT2D eigenvalue weighted by Crippen LogP contribution is 2.40. The van der Waals surface area contributed by atoms with Gasteiger partial charge in [0.15, 0.2) is 0 Å². The quantitative estimate of drug-likeness (QED) is 0.784. The van der Waals surface area contributed by atoms with E-state index in [0.29, 0.717) is 5.92 Å². The predicted octanol–water partition coefficient (Wildman–Crippen LogP) is 3.65. The van der Waals surface area contributed by atoms with Gasteiger partial charge in [0.2, 0.25) is 0 Å². The number of hydrogen-bond acceptors (Lipinski definition) is 1. The zero-order valence-electron chi connectivity index (χ0n) is 9.71. The van der Waals surface area contributed by atoms with E-state index in [1.807, 2.05) is 12.1 Å². The summed E-state index contributed by atoms with van der Waals surface area (Å²) in [7, 11) is 0. The molecule has 0 saturated carbocycles. The SMILES string of the molecule is O[C@@H]1CC[C@H](c2ccccc2)c2ccccc21. The maximum absolute atomic E-state index is 10.0. The second-order valence-corrected chi connectivity index (χ2v) is 4.69. The van der Waals surface area contributed by atoms with Crippen LogP contribution in [0.1, 0.15) is 41.6 Å². The lowest BCUT2D eigenvalue weighted by Gasteiger charge is -2.29. The van der Waals surface area contributed by atoms with Gasteiger partial charge in [-0.05, 0) is 29.5 Å². The summed E-state index contributed by atoms with van der Waals surface area (Å²) in [6, 6.07) is 18.9. The topological polar surface area (TPSA) is 20.2 Å². The van der Waals surface area contributed by atoms with Gasteiger partial charge in [0.05, 0.1) is 6.10 Å². The van der Waals surface area contributed by atoms with Crippen LogP contribution in [-0.2, 0) is 0 Å². The van der Waals surface area contributed by atoms with Gasteiger partial charge in [-0.25, -0.2) is 0 Å². The molecule has 0 radical (unpaired) electrons. The minimum atomic E-state index is -0.286. The minimum Gasteiger partial charge on any atom is -0.388 e. The van der Waals surface area contributed by atoms with Crippen molar-refractivity contribution in [3.8, 4) is 0 Å². The van der Waals surface area contributed by atoms with Crippen LogP contribution in [0.5, 0.6) is 0 Å². The van der Waals surface area contributed by atoms with Crippen molar-refractivity contribution in [2.24, 2.45) is 0 Å². The van der Waals surface area contributed by atoms with Crippen LogP contribution in [0.2, 0.25) is 0 Å². The van der Waals surface area contributed by atoms with E-state index in [1.165, 1.54) is 11.1 Å². The van der Waals surface area contributed by atoms with Crippen molar-refractivity contribution in [3.63, 3.8) is 0 Å². The third-order valence-electron chi connectivity index (χ3n) is 3.66. The first-order valence-electron chi connectivity index (χ1n) is 6.18. The van der Waals surface area contributed by atoms with E-state index in [2.05, 4.69) is 42.5 Å². The summed E-state index contributed by atoms with van der Waals surface area (Å²) in [4.78, 5) is 0. The molecule has 0 spiro atoms. The highest BCUT2D eigenvalue weighted by Gasteiger charge is 2.26. The fourth-order valence-electron chi connectivity index (χ4n) is 2.80. The molecule has 0 unspecified atom stereocenters. The lowest BCUT2D eigenvalue weighted by Crippen LogP contribution is -2.14. The number of rotatable bonds is 1. The highest BCUT2D eigenvalue weighted by atomic mass is 16.3. The first-order chi connectivity index (χ1) is 8.36. The Balaban J connectivity index is 2.07. The Kier molecular flexibility index (Phi) is 2.69. The zero-order valence-corrected chi connectivity index (χ0v) is 9.71. The molecule has 1 N–H and O–H groups in total. The van der Waals surface area contributed by atoms with Crippen molar-refractivity contribution < 1.29 is 5.11 Å². The van der Waals surface area contributed by atoms with Gasteiger partial charge in [-0.3, -0.25) is 0 Å². The van der Waals surface area contributed by atoms with Crippen molar-refractivity contribution in [3.05, 3.63) is 71.3 Å². The monoisotopic (exact) mass is 224 g/mol. The van der Waals surface area contributed by atoms with Crippen molar-refractivity contribution in [1.29, 1.82) is 0 Å². The Morgan fingerprint density at radius 1 is 0.765 bits per heavy atom. The molecule has 0 aromatic heterocycles. The van der Waals surface area contributed by atoms with Crippen LogP contribution >= 0.6 is 0 Å². The lowest BCUT2D eigenvalue weighted by atomic mass is 9.78. The first kappa shape index (κ1) is 10.5. The molecule has 0 aliphatic heterocycles. The van der Waals surface area contributed by atoms with Crippen LogP contribution in [0.3, 0.4) is 0 Å². The lowest BCUT2D eigenvalue weighted by molar-refractivity contribution is 0.153. The van der Waals surface area contributed by atoms with Gasteiger partial charge >= 0.3 is 0 Å². The predicted molar refractivity (Wildman–Crippen MR) is 68.9 cm³/mol. The third kappa shape index (κ3) is 1.87. The molecule has 1 heteroatoms. The largest absolute Gasteiger partial charge is 0.388 e. The van der Waals surface area contributed by atoms with E-state index < -0.39 is 0 Å². The van der Waals surface area contributed by atoms with E-state index in [-0.39, 0.29) is 6.10 Å². The Hall–Kier alpha value is -1.60. The molecule has 0 fully saturated rings. The number of aliphatic hydroxyl groups excluding tert-OH is 1. The molecule has 2 aromatic carbocycles. The van der Waals surface area contributed by atoms with Crippen molar-refractivity contribution in [2.45, 2.75) is 24.9 Å². The number of aliphatic hydroxyl groups is 1. The molecule has 0 saturated heterocycles. The Morgan fingerprint density at radius 2 is 1.41 bits per heavy atom. The van der Waals surface area contributed by atoms with Gasteiger partial charge in [-0.1, -0.05) is 54.6 Å². The third-order valence-corrected chi connectivity index (χ3v) is 3.66. The summed E-state index contributed by atoms with van der Waals surface area (Å²) in [5, 5.41) is 10.0. The van der Waals surface area contributed by atoms with E-state index in [0.717, 1.165) is 18.4 Å². The van der Waals surface area contributed by atoms with Crippen molar-refractivity contribution >= 4 is 0 Å². The average Bonchev–Trinajstić information content (AvgIpc) is 2.41. The zero-order chi connectivity index (χ0) is 11.7. The number of fused-ring (bicyclic) bond motifs is 1. The maximum Gasteiger partial charge on any atom is 0.0793 e. The van der Waals surface area contributed by atoms with Crippen LogP contribution in [-0.4, -0.2) is 5.11 Å². The standard InChI is InChI=1S/C16H16O/c17-16-11-10-13(12-6-2-1-3-7-12)14-8-4-5-9-15(14)16/h1-9,13,16-17H,10-11H2/t13-,16-/m1/s1. The molecule has 86 valence electrons. The van der Waals surface area contributed by atoms with E-state index in [4.69, 9.17) is 0 Å². The van der Waals surface area contributed by atoms with Gasteiger partial charge in [0.1, 0.15) is 0 Å². The molecule has 17 heavy (non-hydrogen) atoms. The summed E-state index contributed by atoms with van der Waals surface area (Å²) in [6.45, 7) is 0. The fraction of sp³-hybridized carbons (Fsp3) is 0.250. The van der Waals surface area contributed by atoms with Gasteiger partial charge in [-0.15, -0.1) is 0 Å². The van der Waals surface area contributed by atoms with Gasteiger partial charge in [-0.2, -0.15) is 0 Å². The Labute approximate surface area is 102 Å². The van der Waals surface area contributed by atoms with Crippen molar-refractivity contribution in [1.82, 2.24) is 0 Å². The molecule has 3 rings (SSSR count). The normalized spacial score (nSPS) is 23.1. The van der Waals surface area contributed by atoms with Gasteiger partial charge in [0, 0.05) is 5.92 Å². The molecular formula is C16H16O. The molecule has 2 aromatic rings. The second-order valence-electron chi connectivity index (χ2n) is 4.69. The summed E-state index contributed by atoms with van der Waals surface area (Å²) >= 11 is 0. The summed E-state index contributed by atoms with van der Waals surface area (Å²) in [5.41, 5.74) is 3.75. The summed E-state index contributed by atoms with van der Waals surface area (Å²) in [5.74, 6) is 0.441. The van der Waals surface area contributed by atoms with Gasteiger partial charge in [0.25, 0.3) is 0 Å².